The van der Waals surface area contributed by atoms with Crippen LogP contribution in [0.1, 0.15) is 33.6 Å². The zero-order chi connectivity index (χ0) is 13.8. The molecule has 0 radical (unpaired) electrons. The third-order valence-corrected chi connectivity index (χ3v) is 1.80. The minimum absolute atomic E-state index is 0.280. The van der Waals surface area contributed by atoms with Gasteiger partial charge in [0.2, 0.25) is 0 Å². The zero-order valence-electron chi connectivity index (χ0n) is 10.9. The Morgan fingerprint density at radius 2 is 1.94 bits per heavy atom. The molecule has 0 aliphatic heterocycles. The molecule has 0 fully saturated rings. The Morgan fingerprint density at radius 1 is 1.47 bits per heavy atom. The summed E-state index contributed by atoms with van der Waals surface area (Å²) in [5.74, 6) is -0.804. The molecule has 0 saturated carbocycles. The second-order valence-corrected chi connectivity index (χ2v) is 3.82. The smallest absolute Gasteiger partial charge is 0.333 e. The highest BCUT2D eigenvalue weighted by molar-refractivity contribution is 5.86. The number of carboxylic acids is 1. The summed E-state index contributed by atoms with van der Waals surface area (Å²) >= 11 is 0. The number of rotatable bonds is 6. The fourth-order valence-corrected chi connectivity index (χ4v) is 0.917. The first kappa shape index (κ1) is 17.8. The van der Waals surface area contributed by atoms with Crippen LogP contribution in [0.4, 0.5) is 0 Å². The third-order valence-electron chi connectivity index (χ3n) is 1.80. The van der Waals surface area contributed by atoms with E-state index in [4.69, 9.17) is 9.84 Å². The van der Waals surface area contributed by atoms with Gasteiger partial charge in [-0.1, -0.05) is 33.4 Å². The van der Waals surface area contributed by atoms with Crippen LogP contribution in [0, 0.1) is 5.92 Å². The maximum atomic E-state index is 10.9. The van der Waals surface area contributed by atoms with E-state index in [2.05, 4.69) is 27.0 Å². The second kappa shape index (κ2) is 10.9. The van der Waals surface area contributed by atoms with Gasteiger partial charge in [-0.3, -0.25) is 0 Å². The van der Waals surface area contributed by atoms with Gasteiger partial charge in [0, 0.05) is 11.6 Å². The van der Waals surface area contributed by atoms with E-state index >= 15 is 0 Å². The van der Waals surface area contributed by atoms with Crippen molar-refractivity contribution in [1.29, 1.82) is 0 Å². The molecule has 0 saturated heterocycles. The Morgan fingerprint density at radius 3 is 2.24 bits per heavy atom. The lowest BCUT2D eigenvalue weighted by Crippen LogP contribution is -2.11. The first-order valence-electron chi connectivity index (χ1n) is 5.53. The molecular formula is C13H22O4. The summed E-state index contributed by atoms with van der Waals surface area (Å²) < 4.78 is 4.98. The van der Waals surface area contributed by atoms with Crippen LogP contribution in [0.5, 0.6) is 0 Å². The molecule has 0 spiro atoms. The molecule has 0 aromatic heterocycles. The van der Waals surface area contributed by atoms with Crippen molar-refractivity contribution >= 4 is 11.9 Å². The van der Waals surface area contributed by atoms with Crippen molar-refractivity contribution in [3.63, 3.8) is 0 Å². The van der Waals surface area contributed by atoms with Gasteiger partial charge < -0.3 is 9.84 Å². The highest BCUT2D eigenvalue weighted by atomic mass is 16.5. The third kappa shape index (κ3) is 14.4. The first-order chi connectivity index (χ1) is 7.84. The maximum Gasteiger partial charge on any atom is 0.333 e. The quantitative estimate of drug-likeness (QED) is 0.574. The van der Waals surface area contributed by atoms with Gasteiger partial charge in [-0.25, -0.2) is 9.59 Å². The highest BCUT2D eigenvalue weighted by Crippen LogP contribution is 2.06. The van der Waals surface area contributed by atoms with Crippen LogP contribution in [-0.4, -0.2) is 23.7 Å². The largest absolute Gasteiger partial charge is 0.478 e. The molecule has 0 bridgehead atoms. The van der Waals surface area contributed by atoms with Crippen molar-refractivity contribution in [1.82, 2.24) is 0 Å². The van der Waals surface area contributed by atoms with Crippen molar-refractivity contribution in [2.24, 2.45) is 5.92 Å². The Balaban J connectivity index is 0. The topological polar surface area (TPSA) is 63.6 Å². The lowest BCUT2D eigenvalue weighted by molar-refractivity contribution is -0.140. The number of aliphatic carboxylic acids is 1. The molecule has 0 aliphatic rings. The Hall–Kier alpha value is -1.58. The minimum Gasteiger partial charge on any atom is -0.478 e. The van der Waals surface area contributed by atoms with Gasteiger partial charge in [-0.2, -0.15) is 0 Å². The fraction of sp³-hybridized carbons (Fsp3) is 0.538. The summed E-state index contributed by atoms with van der Waals surface area (Å²) in [4.78, 5) is 20.2. The number of carbonyl (C=O) groups is 2. The lowest BCUT2D eigenvalue weighted by atomic mass is 10.1. The van der Waals surface area contributed by atoms with E-state index in [0.29, 0.717) is 18.1 Å². The van der Waals surface area contributed by atoms with E-state index in [1.807, 2.05) is 0 Å². The SMILES string of the molecule is C=C(C)C(=O)OCC(C)CCC.C=CC(=O)O. The van der Waals surface area contributed by atoms with Crippen LogP contribution < -0.4 is 0 Å². The predicted molar refractivity (Wildman–Crippen MR) is 67.7 cm³/mol. The molecule has 4 heteroatoms. The van der Waals surface area contributed by atoms with E-state index in [9.17, 15) is 9.59 Å². The highest BCUT2D eigenvalue weighted by Gasteiger charge is 2.06. The van der Waals surface area contributed by atoms with Crippen LogP contribution >= 0.6 is 0 Å². The minimum atomic E-state index is -0.981. The average molecular weight is 242 g/mol. The summed E-state index contributed by atoms with van der Waals surface area (Å²) in [5, 5.41) is 7.60. The van der Waals surface area contributed by atoms with Crippen molar-refractivity contribution in [3.05, 3.63) is 24.8 Å². The van der Waals surface area contributed by atoms with Crippen molar-refractivity contribution in [2.45, 2.75) is 33.6 Å². The van der Waals surface area contributed by atoms with E-state index in [1.165, 1.54) is 0 Å². The number of ether oxygens (including phenoxy) is 1. The maximum absolute atomic E-state index is 10.9. The van der Waals surface area contributed by atoms with Gasteiger partial charge >= 0.3 is 11.9 Å². The van der Waals surface area contributed by atoms with Gasteiger partial charge in [-0.05, 0) is 19.3 Å². The van der Waals surface area contributed by atoms with E-state index < -0.39 is 5.97 Å². The monoisotopic (exact) mass is 242 g/mol. The molecule has 17 heavy (non-hydrogen) atoms. The van der Waals surface area contributed by atoms with Crippen LogP contribution in [0.25, 0.3) is 0 Å². The normalized spacial score (nSPS) is 10.5. The molecule has 1 atom stereocenters. The van der Waals surface area contributed by atoms with E-state index in [-0.39, 0.29) is 5.97 Å². The van der Waals surface area contributed by atoms with Gasteiger partial charge in [0.1, 0.15) is 0 Å². The van der Waals surface area contributed by atoms with Gasteiger partial charge in [0.15, 0.2) is 0 Å². The van der Waals surface area contributed by atoms with Crippen molar-refractivity contribution in [2.75, 3.05) is 6.61 Å². The summed E-state index contributed by atoms with van der Waals surface area (Å²) in [5.41, 5.74) is 0.471. The number of carboxylic acid groups (broad SMARTS) is 1. The average Bonchev–Trinajstić information content (AvgIpc) is 2.26. The van der Waals surface area contributed by atoms with Gasteiger partial charge in [0.25, 0.3) is 0 Å². The van der Waals surface area contributed by atoms with Crippen molar-refractivity contribution < 1.29 is 19.4 Å². The van der Waals surface area contributed by atoms with Crippen LogP contribution in [-0.2, 0) is 14.3 Å². The summed E-state index contributed by atoms with van der Waals surface area (Å²) in [6.07, 6.45) is 3.06. The molecular weight excluding hydrogens is 220 g/mol. The lowest BCUT2D eigenvalue weighted by Gasteiger charge is -2.10. The van der Waals surface area contributed by atoms with Crippen LogP contribution in [0.15, 0.2) is 24.8 Å². The number of carbonyl (C=O) groups excluding carboxylic acids is 1. The second-order valence-electron chi connectivity index (χ2n) is 3.82. The zero-order valence-corrected chi connectivity index (χ0v) is 10.9. The molecule has 0 heterocycles. The van der Waals surface area contributed by atoms with Gasteiger partial charge in [0.05, 0.1) is 6.61 Å². The Kier molecular flexibility index (Phi) is 11.4. The fourth-order valence-electron chi connectivity index (χ4n) is 0.917. The van der Waals surface area contributed by atoms with Crippen LogP contribution in [0.2, 0.25) is 0 Å². The van der Waals surface area contributed by atoms with Crippen LogP contribution in [0.3, 0.4) is 0 Å². The summed E-state index contributed by atoms with van der Waals surface area (Å²) in [6.45, 7) is 12.8. The molecule has 0 amide bonds. The molecule has 0 aromatic carbocycles. The molecule has 0 rings (SSSR count). The van der Waals surface area contributed by atoms with Gasteiger partial charge in [-0.15, -0.1) is 0 Å². The van der Waals surface area contributed by atoms with Crippen molar-refractivity contribution in [3.8, 4) is 0 Å². The molecule has 4 nitrogen and oxygen atoms in total. The summed E-state index contributed by atoms with van der Waals surface area (Å²) in [6, 6.07) is 0. The van der Waals surface area contributed by atoms with E-state index in [1.54, 1.807) is 6.92 Å². The molecule has 98 valence electrons. The molecule has 1 N–H and O–H groups in total. The predicted octanol–water partition coefficient (Wildman–Crippen LogP) is 2.80. The standard InChI is InChI=1S/C10H18O2.C3H4O2/c1-5-6-9(4)7-12-10(11)8(2)3;1-2-3(4)5/h9H,2,5-7H2,1,3-4H3;2H,1H2,(H,4,5). The number of esters is 1. The first-order valence-corrected chi connectivity index (χ1v) is 5.53. The molecule has 0 aliphatic carbocycles. The number of hydrogen-bond donors (Lipinski definition) is 1. The van der Waals surface area contributed by atoms with E-state index in [0.717, 1.165) is 18.9 Å². The number of hydrogen-bond acceptors (Lipinski definition) is 3. The molecule has 1 unspecified atom stereocenters. The summed E-state index contributed by atoms with van der Waals surface area (Å²) in [7, 11) is 0. The molecule has 0 aromatic rings. The Labute approximate surface area is 103 Å². The Bertz CT molecular complexity index is 269.